The predicted molar refractivity (Wildman–Crippen MR) is 212 cm³/mol. The van der Waals surface area contributed by atoms with Gasteiger partial charge in [-0.3, -0.25) is 4.57 Å². The average Bonchev–Trinajstić information content (AvgIpc) is 3.73. The number of aromatic nitrogens is 1. The highest BCUT2D eigenvalue weighted by Gasteiger charge is 2.32. The zero-order chi connectivity index (χ0) is 34.7. The van der Waals surface area contributed by atoms with Crippen LogP contribution in [0.5, 0.6) is 0 Å². The highest BCUT2D eigenvalue weighted by molar-refractivity contribution is 6.20. The Morgan fingerprint density at radius 1 is 0.540 bits per heavy atom. The second kappa shape index (κ2) is 12.5. The smallest absolute Gasteiger partial charge is 0.213 e. The normalized spacial score (nSPS) is 15.4. The minimum atomic E-state index is 0.460. The summed E-state index contributed by atoms with van der Waals surface area (Å²) < 4.78 is 9.00. The van der Waals surface area contributed by atoms with Crippen LogP contribution in [0.15, 0.2) is 126 Å². The number of nitrogens with zero attached hydrogens (tertiary/aromatic N) is 1. The van der Waals surface area contributed by atoms with Crippen molar-refractivity contribution in [2.45, 2.75) is 60.8 Å². The van der Waals surface area contributed by atoms with Crippen LogP contribution in [0, 0.1) is 47.5 Å². The summed E-state index contributed by atoms with van der Waals surface area (Å²) in [7, 11) is 0. The summed E-state index contributed by atoms with van der Waals surface area (Å²) in [4.78, 5) is 0. The van der Waals surface area contributed by atoms with Gasteiger partial charge in [-0.25, -0.2) is 0 Å². The summed E-state index contributed by atoms with van der Waals surface area (Å²) >= 11 is 0. The molecular weight excluding hydrogens is 607 g/mol. The van der Waals surface area contributed by atoms with Crippen molar-refractivity contribution in [2.75, 3.05) is 0 Å². The van der Waals surface area contributed by atoms with Crippen LogP contribution < -0.4 is 0 Å². The van der Waals surface area contributed by atoms with Crippen LogP contribution in [0.3, 0.4) is 0 Å². The minimum absolute atomic E-state index is 0.460. The van der Waals surface area contributed by atoms with Crippen molar-refractivity contribution in [1.82, 2.24) is 4.57 Å². The van der Waals surface area contributed by atoms with Gasteiger partial charge < -0.3 is 4.42 Å². The Morgan fingerprint density at radius 3 is 1.80 bits per heavy atom. The number of rotatable bonds is 3. The van der Waals surface area contributed by atoms with Gasteiger partial charge in [0.2, 0.25) is 5.71 Å². The molecule has 2 unspecified atom stereocenters. The number of benzene rings is 6. The van der Waals surface area contributed by atoms with Crippen LogP contribution >= 0.6 is 0 Å². The fourth-order valence-electron chi connectivity index (χ4n) is 8.10. The molecule has 2 heteroatoms. The molecule has 1 aliphatic carbocycles. The SMILES string of the molecule is Cc1ccc(-n2c3cc(C)ccc3c3c4ccc(-c5ccc6c(c5)CC(C)C6c5ccc(C)cc5C)cc4oc32)cc1.Cc1ccc(C)cc1. The molecule has 0 N–H and O–H groups in total. The van der Waals surface area contributed by atoms with E-state index >= 15 is 0 Å². The van der Waals surface area contributed by atoms with E-state index in [0.717, 1.165) is 28.8 Å². The zero-order valence-corrected chi connectivity index (χ0v) is 30.3. The standard InChI is InChI=1S/C40H35NO.C8H10/c1-23-6-12-31(13-7-23)41-36-19-25(3)9-15-34(36)39-35-17-11-29(22-37(35)42-40(39)41)28-10-16-33-30(21-28)20-27(5)38(33)32-14-8-24(2)18-26(32)4;1-7-3-5-8(2)6-4-7/h6-19,21-22,27,38H,20H2,1-5H3;3-6H,1-2H3. The third-order valence-electron chi connectivity index (χ3n) is 10.7. The van der Waals surface area contributed by atoms with Crippen LogP contribution in [-0.2, 0) is 6.42 Å². The van der Waals surface area contributed by atoms with Crippen LogP contribution in [0.4, 0.5) is 0 Å². The number of hydrogen-bond donors (Lipinski definition) is 0. The third kappa shape index (κ3) is 5.63. The lowest BCUT2D eigenvalue weighted by Crippen LogP contribution is -2.07. The van der Waals surface area contributed by atoms with Crippen LogP contribution in [-0.4, -0.2) is 4.57 Å². The maximum absolute atomic E-state index is 6.73. The minimum Gasteiger partial charge on any atom is -0.439 e. The molecule has 0 saturated heterocycles. The van der Waals surface area contributed by atoms with Gasteiger partial charge in [0.25, 0.3) is 0 Å². The highest BCUT2D eigenvalue weighted by atomic mass is 16.3. The van der Waals surface area contributed by atoms with E-state index in [1.807, 2.05) is 0 Å². The fourth-order valence-corrected chi connectivity index (χ4v) is 8.10. The molecule has 0 fully saturated rings. The molecule has 2 aromatic heterocycles. The number of hydrogen-bond acceptors (Lipinski definition) is 1. The molecule has 248 valence electrons. The first-order chi connectivity index (χ1) is 24.1. The zero-order valence-electron chi connectivity index (χ0n) is 30.3. The first-order valence-corrected chi connectivity index (χ1v) is 17.9. The first kappa shape index (κ1) is 31.9. The van der Waals surface area contributed by atoms with E-state index < -0.39 is 0 Å². The molecule has 0 radical (unpaired) electrons. The van der Waals surface area contributed by atoms with Crippen molar-refractivity contribution < 1.29 is 4.42 Å². The molecule has 0 bridgehead atoms. The van der Waals surface area contributed by atoms with Crippen LogP contribution in [0.1, 0.15) is 62.9 Å². The van der Waals surface area contributed by atoms with Gasteiger partial charge in [0.15, 0.2) is 0 Å². The van der Waals surface area contributed by atoms with Gasteiger partial charge >= 0.3 is 0 Å². The topological polar surface area (TPSA) is 18.1 Å². The maximum atomic E-state index is 6.73. The Kier molecular flexibility index (Phi) is 7.99. The lowest BCUT2D eigenvalue weighted by Gasteiger charge is -2.20. The Morgan fingerprint density at radius 2 is 1.10 bits per heavy atom. The Balaban J connectivity index is 0.000000400. The van der Waals surface area contributed by atoms with E-state index in [1.54, 1.807) is 0 Å². The van der Waals surface area contributed by atoms with E-state index in [1.165, 1.54) is 77.5 Å². The molecule has 6 aromatic carbocycles. The summed E-state index contributed by atoms with van der Waals surface area (Å²) in [6, 6.07) is 44.7. The van der Waals surface area contributed by atoms with E-state index in [2.05, 4.69) is 174 Å². The number of furan rings is 1. The quantitative estimate of drug-likeness (QED) is 0.186. The summed E-state index contributed by atoms with van der Waals surface area (Å²) in [5.74, 6) is 1.05. The number of fused-ring (bicyclic) bond motifs is 6. The molecule has 2 nitrogen and oxygen atoms in total. The molecule has 0 amide bonds. The van der Waals surface area contributed by atoms with E-state index in [0.29, 0.717) is 11.8 Å². The second-order valence-corrected chi connectivity index (χ2v) is 14.8. The summed E-state index contributed by atoms with van der Waals surface area (Å²) in [6.07, 6.45) is 1.11. The Hall–Kier alpha value is -5.34. The number of aryl methyl sites for hydroxylation is 6. The van der Waals surface area contributed by atoms with Crippen molar-refractivity contribution in [3.05, 3.63) is 171 Å². The summed E-state index contributed by atoms with van der Waals surface area (Å²) in [6.45, 7) is 15.3. The summed E-state index contributed by atoms with van der Waals surface area (Å²) in [5, 5.41) is 3.58. The second-order valence-electron chi connectivity index (χ2n) is 14.8. The van der Waals surface area contributed by atoms with Gasteiger partial charge in [-0.05, 0) is 123 Å². The lowest BCUT2D eigenvalue weighted by atomic mass is 9.84. The van der Waals surface area contributed by atoms with Gasteiger partial charge in [0.1, 0.15) is 5.58 Å². The maximum Gasteiger partial charge on any atom is 0.213 e. The van der Waals surface area contributed by atoms with Gasteiger partial charge in [-0.15, -0.1) is 0 Å². The van der Waals surface area contributed by atoms with Gasteiger partial charge in [-0.2, -0.15) is 0 Å². The molecule has 8 aromatic rings. The average molecular weight is 652 g/mol. The van der Waals surface area contributed by atoms with Crippen molar-refractivity contribution in [2.24, 2.45) is 5.92 Å². The summed E-state index contributed by atoms with van der Waals surface area (Å²) in [5.41, 5.74) is 18.9. The van der Waals surface area contributed by atoms with Crippen molar-refractivity contribution in [1.29, 1.82) is 0 Å². The van der Waals surface area contributed by atoms with Gasteiger partial charge in [-0.1, -0.05) is 120 Å². The molecule has 0 saturated carbocycles. The molecule has 50 heavy (non-hydrogen) atoms. The van der Waals surface area contributed by atoms with E-state index in [9.17, 15) is 0 Å². The van der Waals surface area contributed by atoms with E-state index in [4.69, 9.17) is 4.42 Å². The van der Waals surface area contributed by atoms with Crippen LogP contribution in [0.2, 0.25) is 0 Å². The monoisotopic (exact) mass is 651 g/mol. The van der Waals surface area contributed by atoms with E-state index in [-0.39, 0.29) is 0 Å². The van der Waals surface area contributed by atoms with Gasteiger partial charge in [0.05, 0.1) is 10.9 Å². The molecule has 2 atom stereocenters. The third-order valence-corrected chi connectivity index (χ3v) is 10.7. The largest absolute Gasteiger partial charge is 0.439 e. The Labute approximate surface area is 296 Å². The Bertz CT molecular complexity index is 2500. The molecule has 9 rings (SSSR count). The molecule has 0 aliphatic heterocycles. The molecule has 1 aliphatic rings. The highest BCUT2D eigenvalue weighted by Crippen LogP contribution is 2.45. The molecule has 0 spiro atoms. The lowest BCUT2D eigenvalue weighted by molar-refractivity contribution is 0.555. The fraction of sp³-hybridized carbons (Fsp3) is 0.208. The first-order valence-electron chi connectivity index (χ1n) is 17.9. The predicted octanol–water partition coefficient (Wildman–Crippen LogP) is 13.1. The van der Waals surface area contributed by atoms with Crippen molar-refractivity contribution >= 4 is 33.0 Å². The molecule has 2 heterocycles. The van der Waals surface area contributed by atoms with Crippen molar-refractivity contribution in [3.8, 4) is 16.8 Å². The van der Waals surface area contributed by atoms with Crippen molar-refractivity contribution in [3.63, 3.8) is 0 Å². The van der Waals surface area contributed by atoms with Crippen LogP contribution in [0.25, 0.3) is 49.8 Å². The van der Waals surface area contributed by atoms with Gasteiger partial charge in [0, 0.05) is 22.4 Å². The molecular formula is C48H45NO.